The van der Waals surface area contributed by atoms with Gasteiger partial charge in [-0.25, -0.2) is 4.98 Å². The molecule has 0 unspecified atom stereocenters. The first-order valence-corrected chi connectivity index (χ1v) is 11.7. The predicted octanol–water partition coefficient (Wildman–Crippen LogP) is 4.01. The van der Waals surface area contributed by atoms with Crippen LogP contribution in [0.15, 0.2) is 40.3 Å². The topological polar surface area (TPSA) is 55.2 Å². The number of thioether (sulfide) groups is 1. The van der Waals surface area contributed by atoms with Gasteiger partial charge in [0.1, 0.15) is 4.83 Å². The second-order valence-electron chi connectivity index (χ2n) is 7.69. The summed E-state index contributed by atoms with van der Waals surface area (Å²) in [5.41, 5.74) is 2.31. The minimum absolute atomic E-state index is 0.00866. The predicted molar refractivity (Wildman–Crippen MR) is 120 cm³/mol. The number of benzene rings is 1. The van der Waals surface area contributed by atoms with Crippen molar-refractivity contribution < 1.29 is 4.79 Å². The number of carbonyl (C=O) groups is 1. The van der Waals surface area contributed by atoms with Gasteiger partial charge in [0.05, 0.1) is 11.1 Å². The van der Waals surface area contributed by atoms with E-state index in [9.17, 15) is 9.59 Å². The third-order valence-corrected chi connectivity index (χ3v) is 7.57. The third kappa shape index (κ3) is 3.98. The third-order valence-electron chi connectivity index (χ3n) is 5.37. The van der Waals surface area contributed by atoms with Crippen molar-refractivity contribution >= 4 is 39.2 Å². The first-order valence-electron chi connectivity index (χ1n) is 9.93. The molecule has 7 heteroatoms. The molecule has 1 aliphatic rings. The molecule has 5 nitrogen and oxygen atoms in total. The molecule has 0 saturated heterocycles. The van der Waals surface area contributed by atoms with E-state index in [2.05, 4.69) is 0 Å². The van der Waals surface area contributed by atoms with Crippen LogP contribution in [0.3, 0.4) is 0 Å². The van der Waals surface area contributed by atoms with Crippen LogP contribution in [0.5, 0.6) is 0 Å². The Balaban J connectivity index is 1.53. The van der Waals surface area contributed by atoms with Crippen molar-refractivity contribution in [3.05, 3.63) is 56.7 Å². The number of aromatic nitrogens is 2. The van der Waals surface area contributed by atoms with Crippen molar-refractivity contribution in [1.82, 2.24) is 14.5 Å². The molecule has 1 aromatic carbocycles. The Labute approximate surface area is 178 Å². The highest BCUT2D eigenvalue weighted by molar-refractivity contribution is 7.99. The Bertz CT molecular complexity index is 1100. The summed E-state index contributed by atoms with van der Waals surface area (Å²) < 4.78 is 1.60. The van der Waals surface area contributed by atoms with Crippen molar-refractivity contribution in [3.8, 4) is 0 Å². The van der Waals surface area contributed by atoms with Gasteiger partial charge in [0.25, 0.3) is 5.56 Å². The molecule has 0 spiro atoms. The molecule has 0 bridgehead atoms. The van der Waals surface area contributed by atoms with Crippen LogP contribution in [-0.4, -0.2) is 32.2 Å². The lowest BCUT2D eigenvalue weighted by molar-refractivity contribution is -0.130. The number of hydrogen-bond acceptors (Lipinski definition) is 5. The average molecular weight is 428 g/mol. The second-order valence-corrected chi connectivity index (χ2v) is 9.71. The van der Waals surface area contributed by atoms with Crippen molar-refractivity contribution in [2.24, 2.45) is 7.05 Å². The molecule has 1 aliphatic carbocycles. The van der Waals surface area contributed by atoms with E-state index in [4.69, 9.17) is 4.98 Å². The zero-order chi connectivity index (χ0) is 20.5. The van der Waals surface area contributed by atoms with Gasteiger partial charge in [-0.15, -0.1) is 11.3 Å². The van der Waals surface area contributed by atoms with Gasteiger partial charge in [0.2, 0.25) is 5.91 Å². The van der Waals surface area contributed by atoms with E-state index in [0.29, 0.717) is 11.7 Å². The van der Waals surface area contributed by atoms with Gasteiger partial charge < -0.3 is 4.90 Å². The van der Waals surface area contributed by atoms with E-state index in [1.807, 2.05) is 49.1 Å². The number of amides is 1. The van der Waals surface area contributed by atoms with Gasteiger partial charge in [0.15, 0.2) is 5.16 Å². The van der Waals surface area contributed by atoms with Crippen LogP contribution < -0.4 is 5.56 Å². The molecule has 2 heterocycles. The minimum atomic E-state index is 0.00866. The monoisotopic (exact) mass is 427 g/mol. The molecule has 4 rings (SSSR count). The van der Waals surface area contributed by atoms with E-state index in [0.717, 1.165) is 35.0 Å². The van der Waals surface area contributed by atoms with E-state index in [-0.39, 0.29) is 23.3 Å². The molecular weight excluding hydrogens is 402 g/mol. The molecule has 1 amide bonds. The highest BCUT2D eigenvalue weighted by Crippen LogP contribution is 2.35. The summed E-state index contributed by atoms with van der Waals surface area (Å²) in [6, 6.07) is 10.1. The molecule has 152 valence electrons. The maximum Gasteiger partial charge on any atom is 0.262 e. The van der Waals surface area contributed by atoms with Crippen molar-refractivity contribution in [2.45, 2.75) is 50.9 Å². The molecule has 0 atom stereocenters. The van der Waals surface area contributed by atoms with Crippen molar-refractivity contribution in [1.29, 1.82) is 0 Å². The normalized spacial score (nSPS) is 13.2. The Hall–Kier alpha value is -2.12. The number of nitrogens with zero attached hydrogens (tertiary/aromatic N) is 3. The Morgan fingerprint density at radius 3 is 2.76 bits per heavy atom. The fraction of sp³-hybridized carbons (Fsp3) is 0.409. The minimum Gasteiger partial charge on any atom is -0.335 e. The zero-order valence-electron chi connectivity index (χ0n) is 17.0. The van der Waals surface area contributed by atoms with Crippen LogP contribution in [0.2, 0.25) is 0 Å². The number of rotatable bonds is 6. The zero-order valence-corrected chi connectivity index (χ0v) is 18.6. The van der Waals surface area contributed by atoms with E-state index in [1.165, 1.54) is 22.2 Å². The van der Waals surface area contributed by atoms with Gasteiger partial charge in [-0.3, -0.25) is 14.2 Å². The summed E-state index contributed by atoms with van der Waals surface area (Å²) >= 11 is 2.99. The summed E-state index contributed by atoms with van der Waals surface area (Å²) in [4.78, 5) is 34.6. The van der Waals surface area contributed by atoms with Crippen LogP contribution in [0.4, 0.5) is 0 Å². The molecule has 0 saturated carbocycles. The maximum atomic E-state index is 12.9. The van der Waals surface area contributed by atoms with Gasteiger partial charge >= 0.3 is 0 Å². The van der Waals surface area contributed by atoms with Crippen LogP contribution in [-0.2, 0) is 31.2 Å². The summed E-state index contributed by atoms with van der Waals surface area (Å²) in [6.07, 6.45) is 3.14. The quantitative estimate of drug-likeness (QED) is 0.441. The summed E-state index contributed by atoms with van der Waals surface area (Å²) in [6.45, 7) is 4.64. The number of carbonyl (C=O) groups excluding carboxylic acids is 1. The van der Waals surface area contributed by atoms with Crippen molar-refractivity contribution in [2.75, 3.05) is 5.75 Å². The Morgan fingerprint density at radius 1 is 1.28 bits per heavy atom. The smallest absolute Gasteiger partial charge is 0.262 e. The molecule has 29 heavy (non-hydrogen) atoms. The summed E-state index contributed by atoms with van der Waals surface area (Å²) in [5.74, 6) is 0.318. The van der Waals surface area contributed by atoms with Crippen LogP contribution in [0.25, 0.3) is 10.2 Å². The molecule has 0 aliphatic heterocycles. The molecule has 0 radical (unpaired) electrons. The molecule has 0 fully saturated rings. The Kier molecular flexibility index (Phi) is 5.79. The number of hydrogen-bond donors (Lipinski definition) is 0. The van der Waals surface area contributed by atoms with Gasteiger partial charge in [-0.05, 0) is 44.2 Å². The first-order chi connectivity index (χ1) is 14.0. The fourth-order valence-corrected chi connectivity index (χ4v) is 5.94. The summed E-state index contributed by atoms with van der Waals surface area (Å²) in [5, 5.41) is 1.40. The van der Waals surface area contributed by atoms with E-state index < -0.39 is 0 Å². The lowest BCUT2D eigenvalue weighted by atomic mass is 10.2. The fourth-order valence-electron chi connectivity index (χ4n) is 3.78. The molecular formula is C22H25N3O2S2. The van der Waals surface area contributed by atoms with Crippen LogP contribution >= 0.6 is 23.1 Å². The summed E-state index contributed by atoms with van der Waals surface area (Å²) in [7, 11) is 1.75. The number of aryl methyl sites for hydroxylation is 2. The maximum absolute atomic E-state index is 12.9. The van der Waals surface area contributed by atoms with Crippen LogP contribution in [0, 0.1) is 0 Å². The van der Waals surface area contributed by atoms with Gasteiger partial charge in [-0.2, -0.15) is 0 Å². The van der Waals surface area contributed by atoms with Gasteiger partial charge in [-0.1, -0.05) is 42.1 Å². The highest BCUT2D eigenvalue weighted by atomic mass is 32.2. The number of thiophene rings is 1. The largest absolute Gasteiger partial charge is 0.335 e. The lowest BCUT2D eigenvalue weighted by Crippen LogP contribution is -2.37. The molecule has 2 aromatic heterocycles. The lowest BCUT2D eigenvalue weighted by Gasteiger charge is -2.27. The van der Waals surface area contributed by atoms with Crippen LogP contribution in [0.1, 0.15) is 36.3 Å². The molecule has 3 aromatic rings. The first kappa shape index (κ1) is 20.2. The second kappa shape index (κ2) is 8.32. The van der Waals surface area contributed by atoms with E-state index in [1.54, 1.807) is 23.0 Å². The SMILES string of the molecule is CC(C)N(Cc1ccccc1)C(=O)CSc1nc2sc3c(c2c(=O)n1C)CCC3. The number of fused-ring (bicyclic) bond motifs is 3. The molecule has 0 N–H and O–H groups in total. The van der Waals surface area contributed by atoms with Gasteiger partial charge in [0, 0.05) is 24.5 Å². The van der Waals surface area contributed by atoms with E-state index >= 15 is 0 Å². The highest BCUT2D eigenvalue weighted by Gasteiger charge is 2.23. The van der Waals surface area contributed by atoms with Crippen molar-refractivity contribution in [3.63, 3.8) is 0 Å². The Morgan fingerprint density at radius 2 is 2.03 bits per heavy atom. The average Bonchev–Trinajstić information content (AvgIpc) is 3.29. The standard InChI is InChI=1S/C22H25N3O2S2/c1-14(2)25(12-15-8-5-4-6-9-15)18(26)13-28-22-23-20-19(21(27)24(22)3)16-10-7-11-17(16)29-20/h4-6,8-9,14H,7,10-13H2,1-3H3.